The lowest BCUT2D eigenvalue weighted by molar-refractivity contribution is -0.123. The first-order valence-electron chi connectivity index (χ1n) is 6.50. The molecule has 2 N–H and O–H groups in total. The van der Waals surface area contributed by atoms with Crippen molar-refractivity contribution in [3.8, 4) is 0 Å². The largest absolute Gasteiger partial charge is 0.323 e. The summed E-state index contributed by atoms with van der Waals surface area (Å²) in [4.78, 5) is 12.0. The molecule has 94 valence electrons. The van der Waals surface area contributed by atoms with Crippen molar-refractivity contribution in [2.45, 2.75) is 45.6 Å². The van der Waals surface area contributed by atoms with Crippen LogP contribution < -0.4 is 5.73 Å². The summed E-state index contributed by atoms with van der Waals surface area (Å²) in [5, 5.41) is 0. The lowest BCUT2D eigenvalue weighted by Gasteiger charge is -2.19. The average molecular weight is 233 g/mol. The van der Waals surface area contributed by atoms with Crippen LogP contribution in [0.3, 0.4) is 0 Å². The number of unbranched alkanes of at least 4 members (excludes halogenated alkanes) is 2. The van der Waals surface area contributed by atoms with E-state index in [0.29, 0.717) is 6.42 Å². The summed E-state index contributed by atoms with van der Waals surface area (Å²) in [5.41, 5.74) is 7.17. The molecule has 0 aliphatic carbocycles. The molecule has 1 aromatic rings. The number of ketones is 1. The second-order valence-corrected chi connectivity index (χ2v) is 4.65. The molecule has 2 atom stereocenters. The lowest BCUT2D eigenvalue weighted by atomic mass is 9.90. The van der Waals surface area contributed by atoms with E-state index in [9.17, 15) is 4.79 Å². The smallest absolute Gasteiger partial charge is 0.137 e. The minimum Gasteiger partial charge on any atom is -0.323 e. The second kappa shape index (κ2) is 7.23. The number of benzene rings is 1. The number of nitrogens with two attached hydrogens (primary N) is 1. The summed E-state index contributed by atoms with van der Waals surface area (Å²) in [7, 11) is 0. The normalized spacial score (nSPS) is 14.3. The molecule has 0 spiro atoms. The van der Waals surface area contributed by atoms with Crippen LogP contribution in [0, 0.1) is 5.92 Å². The first-order valence-corrected chi connectivity index (χ1v) is 6.50. The molecule has 0 bridgehead atoms. The van der Waals surface area contributed by atoms with Gasteiger partial charge in [-0.25, -0.2) is 0 Å². The Morgan fingerprint density at radius 2 is 1.88 bits per heavy atom. The summed E-state index contributed by atoms with van der Waals surface area (Å²) in [6, 6.07) is 9.68. The SMILES string of the molecule is CCCCCC(=O)[C@H](C)[C@@H](N)c1ccccc1. The molecule has 0 amide bonds. The standard InChI is InChI=1S/C15H23NO/c1-3-4-6-11-14(17)12(2)15(16)13-9-7-5-8-10-13/h5,7-10,12,15H,3-4,6,11,16H2,1-2H3/t12-,15+/m0/s1. The number of carbonyl (C=O) groups excluding carboxylic acids is 1. The van der Waals surface area contributed by atoms with E-state index in [1.54, 1.807) is 0 Å². The van der Waals surface area contributed by atoms with Crippen LogP contribution in [0.25, 0.3) is 0 Å². The van der Waals surface area contributed by atoms with E-state index >= 15 is 0 Å². The van der Waals surface area contributed by atoms with Crippen LogP contribution in [0.2, 0.25) is 0 Å². The van der Waals surface area contributed by atoms with E-state index in [1.807, 2.05) is 37.3 Å². The molecule has 2 heteroatoms. The zero-order valence-corrected chi connectivity index (χ0v) is 10.9. The molecule has 1 rings (SSSR count). The Morgan fingerprint density at radius 1 is 1.24 bits per heavy atom. The van der Waals surface area contributed by atoms with E-state index in [-0.39, 0.29) is 17.7 Å². The quantitative estimate of drug-likeness (QED) is 0.733. The van der Waals surface area contributed by atoms with Crippen LogP contribution >= 0.6 is 0 Å². The van der Waals surface area contributed by atoms with Gasteiger partial charge in [-0.15, -0.1) is 0 Å². The number of carbonyl (C=O) groups is 1. The highest BCUT2D eigenvalue weighted by atomic mass is 16.1. The second-order valence-electron chi connectivity index (χ2n) is 4.65. The zero-order valence-electron chi connectivity index (χ0n) is 10.9. The average Bonchev–Trinajstić information content (AvgIpc) is 2.38. The van der Waals surface area contributed by atoms with Gasteiger partial charge in [-0.2, -0.15) is 0 Å². The molecule has 0 saturated carbocycles. The Morgan fingerprint density at radius 3 is 2.47 bits per heavy atom. The minimum atomic E-state index is -0.176. The van der Waals surface area contributed by atoms with Crippen LogP contribution in [0.1, 0.15) is 51.1 Å². The molecule has 0 aliphatic heterocycles. The lowest BCUT2D eigenvalue weighted by Crippen LogP contribution is -2.25. The van der Waals surface area contributed by atoms with Crippen LogP contribution in [-0.4, -0.2) is 5.78 Å². The topological polar surface area (TPSA) is 43.1 Å². The first-order chi connectivity index (χ1) is 8.16. The van der Waals surface area contributed by atoms with Gasteiger partial charge in [0.1, 0.15) is 5.78 Å². The third-order valence-electron chi connectivity index (χ3n) is 3.26. The van der Waals surface area contributed by atoms with E-state index in [0.717, 1.165) is 24.8 Å². The molecule has 0 radical (unpaired) electrons. The number of rotatable bonds is 7. The van der Waals surface area contributed by atoms with E-state index in [2.05, 4.69) is 6.92 Å². The summed E-state index contributed by atoms with van der Waals surface area (Å²) in [5.74, 6) is 0.198. The van der Waals surface area contributed by atoms with Crippen molar-refractivity contribution in [2.24, 2.45) is 11.7 Å². The highest BCUT2D eigenvalue weighted by molar-refractivity contribution is 5.81. The fourth-order valence-electron chi connectivity index (χ4n) is 1.94. The van der Waals surface area contributed by atoms with Crippen molar-refractivity contribution < 1.29 is 4.79 Å². The fourth-order valence-corrected chi connectivity index (χ4v) is 1.94. The van der Waals surface area contributed by atoms with Gasteiger partial charge in [-0.1, -0.05) is 57.0 Å². The van der Waals surface area contributed by atoms with Crippen LogP contribution in [0.4, 0.5) is 0 Å². The third kappa shape index (κ3) is 4.31. The maximum absolute atomic E-state index is 12.0. The predicted octanol–water partition coefficient (Wildman–Crippen LogP) is 3.47. The van der Waals surface area contributed by atoms with Crippen LogP contribution in [0.15, 0.2) is 30.3 Å². The van der Waals surface area contributed by atoms with E-state index in [4.69, 9.17) is 5.73 Å². The molecule has 2 nitrogen and oxygen atoms in total. The van der Waals surface area contributed by atoms with Crippen LogP contribution in [0.5, 0.6) is 0 Å². The van der Waals surface area contributed by atoms with Gasteiger partial charge >= 0.3 is 0 Å². The minimum absolute atomic E-state index is 0.0887. The Kier molecular flexibility index (Phi) is 5.92. The predicted molar refractivity (Wildman–Crippen MR) is 71.7 cm³/mol. The Labute approximate surface area is 104 Å². The van der Waals surface area contributed by atoms with Gasteiger partial charge in [-0.3, -0.25) is 4.79 Å². The van der Waals surface area contributed by atoms with Gasteiger partial charge in [0, 0.05) is 18.4 Å². The fraction of sp³-hybridized carbons (Fsp3) is 0.533. The Hall–Kier alpha value is -1.15. The highest BCUT2D eigenvalue weighted by Crippen LogP contribution is 2.21. The number of Topliss-reactive ketones (excluding diaryl/α,β-unsaturated/α-hetero) is 1. The summed E-state index contributed by atoms with van der Waals surface area (Å²) >= 11 is 0. The van der Waals surface area contributed by atoms with Crippen molar-refractivity contribution in [3.63, 3.8) is 0 Å². The zero-order chi connectivity index (χ0) is 12.7. The van der Waals surface area contributed by atoms with Gasteiger partial charge in [0.2, 0.25) is 0 Å². The van der Waals surface area contributed by atoms with Gasteiger partial charge in [0.15, 0.2) is 0 Å². The van der Waals surface area contributed by atoms with Crippen molar-refractivity contribution in [1.29, 1.82) is 0 Å². The van der Waals surface area contributed by atoms with Crippen molar-refractivity contribution >= 4 is 5.78 Å². The molecule has 0 fully saturated rings. The molecule has 0 unspecified atom stereocenters. The molecule has 0 heterocycles. The van der Waals surface area contributed by atoms with Gasteiger partial charge in [0.05, 0.1) is 0 Å². The monoisotopic (exact) mass is 233 g/mol. The van der Waals surface area contributed by atoms with Crippen molar-refractivity contribution in [2.75, 3.05) is 0 Å². The first kappa shape index (κ1) is 13.9. The van der Waals surface area contributed by atoms with Gasteiger partial charge in [-0.05, 0) is 12.0 Å². The van der Waals surface area contributed by atoms with Crippen molar-refractivity contribution in [3.05, 3.63) is 35.9 Å². The summed E-state index contributed by atoms with van der Waals surface area (Å²) < 4.78 is 0. The molecular formula is C15H23NO. The highest BCUT2D eigenvalue weighted by Gasteiger charge is 2.21. The third-order valence-corrected chi connectivity index (χ3v) is 3.26. The maximum Gasteiger partial charge on any atom is 0.137 e. The number of hydrogen-bond donors (Lipinski definition) is 1. The Bertz CT molecular complexity index is 334. The van der Waals surface area contributed by atoms with E-state index in [1.165, 1.54) is 0 Å². The summed E-state index contributed by atoms with van der Waals surface area (Å²) in [6.07, 6.45) is 3.92. The van der Waals surface area contributed by atoms with Crippen LogP contribution in [-0.2, 0) is 4.79 Å². The Balaban J connectivity index is 2.51. The molecule has 17 heavy (non-hydrogen) atoms. The maximum atomic E-state index is 12.0. The molecule has 0 aliphatic rings. The number of hydrogen-bond acceptors (Lipinski definition) is 2. The van der Waals surface area contributed by atoms with Gasteiger partial charge < -0.3 is 5.73 Å². The molecule has 0 aromatic heterocycles. The van der Waals surface area contributed by atoms with Gasteiger partial charge in [0.25, 0.3) is 0 Å². The molecular weight excluding hydrogens is 210 g/mol. The van der Waals surface area contributed by atoms with Crippen molar-refractivity contribution in [1.82, 2.24) is 0 Å². The summed E-state index contributed by atoms with van der Waals surface area (Å²) in [6.45, 7) is 4.08. The van der Waals surface area contributed by atoms with E-state index < -0.39 is 0 Å². The molecule has 0 saturated heterocycles. The molecule has 1 aromatic carbocycles.